The van der Waals surface area contributed by atoms with Crippen molar-refractivity contribution in [3.63, 3.8) is 0 Å². The van der Waals surface area contributed by atoms with Crippen molar-refractivity contribution in [3.8, 4) is 0 Å². The maximum absolute atomic E-state index is 13.4. The summed E-state index contributed by atoms with van der Waals surface area (Å²) < 4.78 is 41.1. The average molecular weight is 339 g/mol. The van der Waals surface area contributed by atoms with E-state index in [0.717, 1.165) is 35.5 Å². The first kappa shape index (κ1) is 16.8. The molecule has 1 atom stereocenters. The van der Waals surface area contributed by atoms with E-state index in [4.69, 9.17) is 0 Å². The van der Waals surface area contributed by atoms with E-state index in [-0.39, 0.29) is 24.1 Å². The summed E-state index contributed by atoms with van der Waals surface area (Å²) in [5.74, 6) is -0.285. The van der Waals surface area contributed by atoms with E-state index in [2.05, 4.69) is 4.98 Å². The molecule has 4 nitrogen and oxygen atoms in total. The summed E-state index contributed by atoms with van der Waals surface area (Å²) in [5, 5.41) is 0.404. The highest BCUT2D eigenvalue weighted by Gasteiger charge is 2.37. The van der Waals surface area contributed by atoms with E-state index in [9.17, 15) is 18.0 Å². The Morgan fingerprint density at radius 2 is 2.08 bits per heavy atom. The molecule has 24 heavy (non-hydrogen) atoms. The first-order valence-corrected chi connectivity index (χ1v) is 8.10. The third kappa shape index (κ3) is 3.12. The second-order valence-corrected chi connectivity index (χ2v) is 6.47. The number of amides is 1. The van der Waals surface area contributed by atoms with Crippen LogP contribution in [0.5, 0.6) is 0 Å². The van der Waals surface area contributed by atoms with Crippen molar-refractivity contribution < 1.29 is 18.0 Å². The Morgan fingerprint density at radius 3 is 2.75 bits per heavy atom. The van der Waals surface area contributed by atoms with Gasteiger partial charge in [-0.15, -0.1) is 0 Å². The normalized spacial score (nSPS) is 19.0. The predicted molar refractivity (Wildman–Crippen MR) is 84.5 cm³/mol. The number of halogens is 3. The molecular formula is C17H20F3N3O. The Balaban J connectivity index is 1.99. The number of carbonyl (C=O) groups is 1. The number of likely N-dealkylation sites (tertiary alicyclic amines) is 1. The second-order valence-electron chi connectivity index (χ2n) is 6.47. The SMILES string of the molecule is Cc1cnc2c(c1)cc(C(F)(F)F)n2CC(=O)N1CCCCC1C. The van der Waals surface area contributed by atoms with Gasteiger partial charge in [-0.3, -0.25) is 4.79 Å². The van der Waals surface area contributed by atoms with Gasteiger partial charge >= 0.3 is 6.18 Å². The van der Waals surface area contributed by atoms with Crippen molar-refractivity contribution in [1.29, 1.82) is 0 Å². The molecule has 3 rings (SSSR count). The highest BCUT2D eigenvalue weighted by Crippen LogP contribution is 2.34. The van der Waals surface area contributed by atoms with Gasteiger partial charge in [-0.1, -0.05) is 0 Å². The molecule has 1 aliphatic heterocycles. The largest absolute Gasteiger partial charge is 0.431 e. The van der Waals surface area contributed by atoms with E-state index in [1.165, 1.54) is 6.20 Å². The summed E-state index contributed by atoms with van der Waals surface area (Å²) in [6, 6.07) is 2.79. The lowest BCUT2D eigenvalue weighted by Crippen LogP contribution is -2.43. The number of fused-ring (bicyclic) bond motifs is 1. The summed E-state index contributed by atoms with van der Waals surface area (Å²) in [7, 11) is 0. The minimum absolute atomic E-state index is 0.0672. The number of aromatic nitrogens is 2. The fraction of sp³-hybridized carbons (Fsp3) is 0.529. The van der Waals surface area contributed by atoms with Gasteiger partial charge in [0.25, 0.3) is 0 Å². The molecule has 0 aromatic carbocycles. The highest BCUT2D eigenvalue weighted by molar-refractivity contribution is 5.82. The molecule has 1 fully saturated rings. The van der Waals surface area contributed by atoms with Gasteiger partial charge in [-0.05, 0) is 50.8 Å². The van der Waals surface area contributed by atoms with Crippen LogP contribution in [-0.4, -0.2) is 32.9 Å². The predicted octanol–water partition coefficient (Wildman–Crippen LogP) is 3.76. The Bertz CT molecular complexity index is 766. The molecular weight excluding hydrogens is 319 g/mol. The van der Waals surface area contributed by atoms with Crippen LogP contribution in [0.15, 0.2) is 18.3 Å². The van der Waals surface area contributed by atoms with Gasteiger partial charge < -0.3 is 9.47 Å². The standard InChI is InChI=1S/C17H20F3N3O/c1-11-7-13-8-14(17(18,19)20)23(16(13)21-9-11)10-15(24)22-6-4-3-5-12(22)2/h7-9,12H,3-6,10H2,1-2H3. The number of alkyl halides is 3. The zero-order chi connectivity index (χ0) is 17.5. The molecule has 2 aromatic rings. The zero-order valence-electron chi connectivity index (χ0n) is 13.7. The lowest BCUT2D eigenvalue weighted by atomic mass is 10.0. The topological polar surface area (TPSA) is 38.1 Å². The minimum atomic E-state index is -4.53. The molecule has 7 heteroatoms. The maximum Gasteiger partial charge on any atom is 0.431 e. The van der Waals surface area contributed by atoms with Crippen LogP contribution in [0.2, 0.25) is 0 Å². The molecule has 0 radical (unpaired) electrons. The molecule has 1 unspecified atom stereocenters. The van der Waals surface area contributed by atoms with Crippen LogP contribution in [0.4, 0.5) is 13.2 Å². The van der Waals surface area contributed by atoms with Crippen LogP contribution in [0, 0.1) is 6.92 Å². The van der Waals surface area contributed by atoms with E-state index in [0.29, 0.717) is 11.9 Å². The summed E-state index contributed by atoms with van der Waals surface area (Å²) in [6.07, 6.45) is -0.171. The van der Waals surface area contributed by atoms with Gasteiger partial charge in [-0.2, -0.15) is 13.2 Å². The van der Waals surface area contributed by atoms with Crippen molar-refractivity contribution >= 4 is 16.9 Å². The fourth-order valence-electron chi connectivity index (χ4n) is 3.35. The molecule has 1 amide bonds. The van der Waals surface area contributed by atoms with E-state index in [1.54, 1.807) is 17.9 Å². The molecule has 0 saturated carbocycles. The van der Waals surface area contributed by atoms with E-state index in [1.807, 2.05) is 6.92 Å². The van der Waals surface area contributed by atoms with Crippen molar-refractivity contribution in [2.75, 3.05) is 6.54 Å². The smallest absolute Gasteiger partial charge is 0.338 e. The van der Waals surface area contributed by atoms with Crippen LogP contribution < -0.4 is 0 Å². The molecule has 0 bridgehead atoms. The van der Waals surface area contributed by atoms with Crippen LogP contribution >= 0.6 is 0 Å². The van der Waals surface area contributed by atoms with Gasteiger partial charge in [0, 0.05) is 24.2 Å². The molecule has 1 aliphatic rings. The van der Waals surface area contributed by atoms with Crippen LogP contribution in [0.3, 0.4) is 0 Å². The Hall–Kier alpha value is -2.05. The lowest BCUT2D eigenvalue weighted by Gasteiger charge is -2.33. The lowest BCUT2D eigenvalue weighted by molar-refractivity contribution is -0.145. The van der Waals surface area contributed by atoms with Crippen LogP contribution in [0.25, 0.3) is 11.0 Å². The molecule has 130 valence electrons. The molecule has 1 saturated heterocycles. The zero-order valence-corrected chi connectivity index (χ0v) is 13.7. The van der Waals surface area contributed by atoms with E-state index < -0.39 is 11.9 Å². The second kappa shape index (κ2) is 6.11. The van der Waals surface area contributed by atoms with Gasteiger partial charge in [0.2, 0.25) is 5.91 Å². The number of hydrogen-bond acceptors (Lipinski definition) is 2. The van der Waals surface area contributed by atoms with Crippen molar-refractivity contribution in [2.45, 2.75) is 51.9 Å². The Kier molecular flexibility index (Phi) is 4.27. The number of nitrogens with zero attached hydrogens (tertiary/aromatic N) is 3. The number of piperidine rings is 1. The minimum Gasteiger partial charge on any atom is -0.338 e. The summed E-state index contributed by atoms with van der Waals surface area (Å²) >= 11 is 0. The summed E-state index contributed by atoms with van der Waals surface area (Å²) in [6.45, 7) is 3.99. The van der Waals surface area contributed by atoms with Crippen molar-refractivity contribution in [3.05, 3.63) is 29.6 Å². The molecule has 3 heterocycles. The van der Waals surface area contributed by atoms with Gasteiger partial charge in [-0.25, -0.2) is 4.98 Å². The van der Waals surface area contributed by atoms with Gasteiger partial charge in [0.1, 0.15) is 17.9 Å². The quantitative estimate of drug-likeness (QED) is 0.835. The average Bonchev–Trinajstić information content (AvgIpc) is 2.85. The monoisotopic (exact) mass is 339 g/mol. The van der Waals surface area contributed by atoms with Crippen molar-refractivity contribution in [1.82, 2.24) is 14.5 Å². The van der Waals surface area contributed by atoms with E-state index >= 15 is 0 Å². The summed E-state index contributed by atoms with van der Waals surface area (Å²) in [4.78, 5) is 18.4. The summed E-state index contributed by atoms with van der Waals surface area (Å²) in [5.41, 5.74) is 0.156. The molecule has 0 aliphatic carbocycles. The van der Waals surface area contributed by atoms with Crippen molar-refractivity contribution in [2.24, 2.45) is 0 Å². The number of hydrogen-bond donors (Lipinski definition) is 0. The Labute approximate surface area is 138 Å². The van der Waals surface area contributed by atoms with Crippen LogP contribution in [-0.2, 0) is 17.5 Å². The fourth-order valence-corrected chi connectivity index (χ4v) is 3.35. The third-order valence-electron chi connectivity index (χ3n) is 4.58. The van der Waals surface area contributed by atoms with Crippen LogP contribution in [0.1, 0.15) is 37.4 Å². The maximum atomic E-state index is 13.4. The number of aryl methyl sites for hydroxylation is 1. The number of carbonyl (C=O) groups excluding carboxylic acids is 1. The number of pyridine rings is 1. The van der Waals surface area contributed by atoms with Gasteiger partial charge in [0.05, 0.1) is 0 Å². The molecule has 0 N–H and O–H groups in total. The van der Waals surface area contributed by atoms with Gasteiger partial charge in [0.15, 0.2) is 0 Å². The molecule has 0 spiro atoms. The first-order chi connectivity index (χ1) is 11.3. The Morgan fingerprint density at radius 1 is 1.33 bits per heavy atom. The number of rotatable bonds is 2. The highest BCUT2D eigenvalue weighted by atomic mass is 19.4. The first-order valence-electron chi connectivity index (χ1n) is 8.10. The third-order valence-corrected chi connectivity index (χ3v) is 4.58. The molecule has 2 aromatic heterocycles.